The van der Waals surface area contributed by atoms with Gasteiger partial charge in [0.15, 0.2) is 0 Å². The number of rotatable bonds is 7. The van der Waals surface area contributed by atoms with Gasteiger partial charge in [0.1, 0.15) is 5.75 Å². The van der Waals surface area contributed by atoms with Crippen LogP contribution in [0.25, 0.3) is 0 Å². The van der Waals surface area contributed by atoms with E-state index in [1.807, 2.05) is 24.3 Å². The summed E-state index contributed by atoms with van der Waals surface area (Å²) in [6, 6.07) is 14.2. The van der Waals surface area contributed by atoms with Crippen molar-refractivity contribution >= 4 is 11.6 Å². The lowest BCUT2D eigenvalue weighted by Gasteiger charge is -2.25. The van der Waals surface area contributed by atoms with Crippen molar-refractivity contribution in [1.29, 1.82) is 0 Å². The maximum atomic E-state index is 13.2. The molecule has 1 amide bonds. The normalized spacial score (nSPS) is 16.3. The molecule has 1 aliphatic rings. The molecule has 154 valence electrons. The fraction of sp³-hybridized carbons (Fsp3) is 0.417. The minimum atomic E-state index is -0.0983. The highest BCUT2D eigenvalue weighted by atomic mass is 16.5. The predicted octanol–water partition coefficient (Wildman–Crippen LogP) is 4.33. The van der Waals surface area contributed by atoms with Gasteiger partial charge in [-0.3, -0.25) is 9.69 Å². The number of hydrazone groups is 1. The first-order valence-corrected chi connectivity index (χ1v) is 10.3. The Hall–Kier alpha value is -2.66. The van der Waals surface area contributed by atoms with Crippen LogP contribution in [0.15, 0.2) is 47.6 Å². The number of methoxy groups -OCH3 is 1. The monoisotopic (exact) mass is 393 g/mol. The van der Waals surface area contributed by atoms with Crippen molar-refractivity contribution in [2.24, 2.45) is 5.10 Å². The van der Waals surface area contributed by atoms with Gasteiger partial charge < -0.3 is 4.74 Å². The standard InChI is InChI=1S/C24H31N3O2/c1-6-26(7-2)16-24(28)27-23(19-10-12-20(29-5)13-11-19)15-22(25-27)21-14-17(3)8-9-18(21)4/h8-14,23H,6-7,15-16H2,1-5H3/t23-/m1/s1. The van der Waals surface area contributed by atoms with Gasteiger partial charge in [-0.25, -0.2) is 5.01 Å². The van der Waals surface area contributed by atoms with Gasteiger partial charge >= 0.3 is 0 Å². The summed E-state index contributed by atoms with van der Waals surface area (Å²) in [5.74, 6) is 0.846. The minimum absolute atomic E-state index is 0.0369. The average Bonchev–Trinajstić information content (AvgIpc) is 3.19. The average molecular weight is 394 g/mol. The van der Waals surface area contributed by atoms with E-state index in [9.17, 15) is 4.79 Å². The summed E-state index contributed by atoms with van der Waals surface area (Å²) in [7, 11) is 1.66. The van der Waals surface area contributed by atoms with Gasteiger partial charge in [0, 0.05) is 12.0 Å². The molecule has 0 aliphatic carbocycles. The van der Waals surface area contributed by atoms with Gasteiger partial charge in [-0.1, -0.05) is 43.7 Å². The number of likely N-dealkylation sites (N-methyl/N-ethyl adjacent to an activating group) is 1. The summed E-state index contributed by atoms with van der Waals surface area (Å²) in [4.78, 5) is 15.3. The fourth-order valence-corrected chi connectivity index (χ4v) is 3.75. The molecule has 2 aromatic rings. The molecule has 5 nitrogen and oxygen atoms in total. The molecule has 2 aromatic carbocycles. The van der Waals surface area contributed by atoms with Crippen molar-refractivity contribution in [3.63, 3.8) is 0 Å². The number of ether oxygens (including phenoxy) is 1. The third kappa shape index (κ3) is 4.67. The van der Waals surface area contributed by atoms with E-state index in [0.29, 0.717) is 13.0 Å². The molecule has 0 unspecified atom stereocenters. The Bertz CT molecular complexity index is 885. The molecule has 1 atom stereocenters. The van der Waals surface area contributed by atoms with Crippen molar-refractivity contribution < 1.29 is 9.53 Å². The van der Waals surface area contributed by atoms with E-state index in [0.717, 1.165) is 35.7 Å². The zero-order valence-corrected chi connectivity index (χ0v) is 18.1. The van der Waals surface area contributed by atoms with Gasteiger partial charge in [-0.15, -0.1) is 0 Å². The van der Waals surface area contributed by atoms with Crippen LogP contribution in [0.3, 0.4) is 0 Å². The van der Waals surface area contributed by atoms with Crippen LogP contribution in [0.2, 0.25) is 0 Å². The third-order valence-corrected chi connectivity index (χ3v) is 5.62. The summed E-state index contributed by atoms with van der Waals surface area (Å²) in [5, 5.41) is 6.52. The Kier molecular flexibility index (Phi) is 6.70. The summed E-state index contributed by atoms with van der Waals surface area (Å²) in [6.07, 6.45) is 0.709. The number of hydrogen-bond donors (Lipinski definition) is 0. The molecule has 0 saturated carbocycles. The Morgan fingerprint density at radius 2 is 1.83 bits per heavy atom. The van der Waals surface area contributed by atoms with Gasteiger partial charge in [-0.05, 0) is 56.3 Å². The maximum absolute atomic E-state index is 13.2. The van der Waals surface area contributed by atoms with Crippen molar-refractivity contribution in [1.82, 2.24) is 9.91 Å². The van der Waals surface area contributed by atoms with Crippen LogP contribution < -0.4 is 4.74 Å². The highest BCUT2D eigenvalue weighted by Gasteiger charge is 2.33. The van der Waals surface area contributed by atoms with Crippen molar-refractivity contribution in [2.75, 3.05) is 26.7 Å². The molecule has 1 aliphatic heterocycles. The Balaban J connectivity index is 1.95. The van der Waals surface area contributed by atoms with Crippen LogP contribution in [-0.4, -0.2) is 48.3 Å². The topological polar surface area (TPSA) is 45.1 Å². The molecule has 0 aromatic heterocycles. The summed E-state index contributed by atoms with van der Waals surface area (Å²) < 4.78 is 5.29. The fourth-order valence-electron chi connectivity index (χ4n) is 3.75. The minimum Gasteiger partial charge on any atom is -0.497 e. The number of benzene rings is 2. The van der Waals surface area contributed by atoms with Gasteiger partial charge in [0.2, 0.25) is 0 Å². The Morgan fingerprint density at radius 1 is 1.14 bits per heavy atom. The number of amides is 1. The second kappa shape index (κ2) is 9.23. The van der Waals surface area contributed by atoms with E-state index >= 15 is 0 Å². The molecule has 0 bridgehead atoms. The first-order valence-electron chi connectivity index (χ1n) is 10.3. The molecule has 0 spiro atoms. The van der Waals surface area contributed by atoms with E-state index in [-0.39, 0.29) is 11.9 Å². The maximum Gasteiger partial charge on any atom is 0.257 e. The summed E-state index contributed by atoms with van der Waals surface area (Å²) >= 11 is 0. The van der Waals surface area contributed by atoms with Crippen LogP contribution in [0, 0.1) is 13.8 Å². The molecule has 3 rings (SSSR count). The lowest BCUT2D eigenvalue weighted by molar-refractivity contribution is -0.134. The molecule has 5 heteroatoms. The van der Waals surface area contributed by atoms with Crippen LogP contribution in [0.5, 0.6) is 5.75 Å². The molecule has 0 radical (unpaired) electrons. The first kappa shape index (κ1) is 21.1. The van der Waals surface area contributed by atoms with E-state index in [4.69, 9.17) is 9.84 Å². The molecule has 29 heavy (non-hydrogen) atoms. The van der Waals surface area contributed by atoms with Gasteiger partial charge in [-0.2, -0.15) is 5.10 Å². The van der Waals surface area contributed by atoms with E-state index in [1.165, 1.54) is 11.1 Å². The highest BCUT2D eigenvalue weighted by Crippen LogP contribution is 2.34. The van der Waals surface area contributed by atoms with E-state index < -0.39 is 0 Å². The van der Waals surface area contributed by atoms with E-state index in [1.54, 1.807) is 12.1 Å². The first-order chi connectivity index (χ1) is 14.0. The molecule has 0 saturated heterocycles. The largest absolute Gasteiger partial charge is 0.497 e. The van der Waals surface area contributed by atoms with Crippen molar-refractivity contribution in [3.8, 4) is 5.75 Å². The predicted molar refractivity (Wildman–Crippen MR) is 117 cm³/mol. The van der Waals surface area contributed by atoms with Crippen molar-refractivity contribution in [2.45, 2.75) is 40.2 Å². The lowest BCUT2D eigenvalue weighted by Crippen LogP contribution is -2.38. The lowest BCUT2D eigenvalue weighted by atomic mass is 9.95. The summed E-state index contributed by atoms with van der Waals surface area (Å²) in [5.41, 5.74) is 5.55. The zero-order chi connectivity index (χ0) is 21.0. The van der Waals surface area contributed by atoms with Gasteiger partial charge in [0.25, 0.3) is 5.91 Å². The quantitative estimate of drug-likeness (QED) is 0.703. The Labute approximate surface area is 174 Å². The molecule has 1 heterocycles. The molecular weight excluding hydrogens is 362 g/mol. The van der Waals surface area contributed by atoms with Crippen molar-refractivity contribution in [3.05, 3.63) is 64.7 Å². The third-order valence-electron chi connectivity index (χ3n) is 5.62. The number of hydrogen-bond acceptors (Lipinski definition) is 4. The van der Waals surface area contributed by atoms with Crippen LogP contribution in [0.4, 0.5) is 0 Å². The number of nitrogens with zero attached hydrogens (tertiary/aromatic N) is 3. The number of carbonyl (C=O) groups excluding carboxylic acids is 1. The Morgan fingerprint density at radius 3 is 2.45 bits per heavy atom. The molecule has 0 N–H and O–H groups in total. The SMILES string of the molecule is CCN(CC)CC(=O)N1N=C(c2cc(C)ccc2C)C[C@@H]1c1ccc(OC)cc1. The van der Waals surface area contributed by atoms with E-state index in [2.05, 4.69) is 50.8 Å². The van der Waals surface area contributed by atoms with Crippen LogP contribution in [-0.2, 0) is 4.79 Å². The number of carbonyl (C=O) groups is 1. The highest BCUT2D eigenvalue weighted by molar-refractivity contribution is 6.04. The van der Waals surface area contributed by atoms with Gasteiger partial charge in [0.05, 0.1) is 25.4 Å². The smallest absolute Gasteiger partial charge is 0.257 e. The summed E-state index contributed by atoms with van der Waals surface area (Å²) in [6.45, 7) is 10.4. The molecule has 0 fully saturated rings. The van der Waals surface area contributed by atoms with Crippen LogP contribution >= 0.6 is 0 Å². The molecular formula is C24H31N3O2. The second-order valence-electron chi connectivity index (χ2n) is 7.56. The van der Waals surface area contributed by atoms with Crippen LogP contribution in [0.1, 0.15) is 48.6 Å². The number of aryl methyl sites for hydroxylation is 2. The second-order valence-corrected chi connectivity index (χ2v) is 7.56. The zero-order valence-electron chi connectivity index (χ0n) is 18.1.